The van der Waals surface area contributed by atoms with Crippen molar-refractivity contribution in [2.45, 2.75) is 33.1 Å². The summed E-state index contributed by atoms with van der Waals surface area (Å²) < 4.78 is 1.78. The SMILES string of the molecule is CCCCc1nnc(NC(=O)c2c(C)nc3ccccn23)s1. The average molecular weight is 315 g/mol. The Morgan fingerprint density at radius 2 is 2.23 bits per heavy atom. The maximum Gasteiger partial charge on any atom is 0.276 e. The lowest BCUT2D eigenvalue weighted by Crippen LogP contribution is -2.15. The number of fused-ring (bicyclic) bond motifs is 1. The van der Waals surface area contributed by atoms with Crippen LogP contribution in [-0.4, -0.2) is 25.5 Å². The molecule has 1 amide bonds. The number of nitrogens with one attached hydrogen (secondary N) is 1. The van der Waals surface area contributed by atoms with Gasteiger partial charge >= 0.3 is 0 Å². The molecule has 7 heteroatoms. The number of hydrogen-bond donors (Lipinski definition) is 1. The number of amides is 1. The minimum Gasteiger partial charge on any atom is -0.295 e. The molecule has 3 rings (SSSR count). The molecule has 0 atom stereocenters. The van der Waals surface area contributed by atoms with Crippen molar-refractivity contribution >= 4 is 28.0 Å². The fourth-order valence-corrected chi connectivity index (χ4v) is 3.05. The molecule has 1 N–H and O–H groups in total. The second kappa shape index (κ2) is 6.23. The van der Waals surface area contributed by atoms with Gasteiger partial charge in [-0.05, 0) is 25.5 Å². The van der Waals surface area contributed by atoms with Gasteiger partial charge in [-0.3, -0.25) is 14.5 Å². The van der Waals surface area contributed by atoms with Gasteiger partial charge in [0.1, 0.15) is 16.3 Å². The lowest BCUT2D eigenvalue weighted by atomic mass is 10.3. The van der Waals surface area contributed by atoms with Crippen molar-refractivity contribution in [3.05, 3.63) is 40.8 Å². The second-order valence-corrected chi connectivity index (χ2v) is 6.10. The van der Waals surface area contributed by atoms with Crippen LogP contribution in [0.2, 0.25) is 0 Å². The van der Waals surface area contributed by atoms with Crippen LogP contribution in [0.5, 0.6) is 0 Å². The van der Waals surface area contributed by atoms with Crippen molar-refractivity contribution < 1.29 is 4.79 Å². The summed E-state index contributed by atoms with van der Waals surface area (Å²) in [5.41, 5.74) is 1.98. The van der Waals surface area contributed by atoms with Crippen molar-refractivity contribution in [3.63, 3.8) is 0 Å². The van der Waals surface area contributed by atoms with Crippen molar-refractivity contribution in [1.82, 2.24) is 19.6 Å². The van der Waals surface area contributed by atoms with Crippen LogP contribution in [0.15, 0.2) is 24.4 Å². The fourth-order valence-electron chi connectivity index (χ4n) is 2.28. The standard InChI is InChI=1S/C15H17N5OS/c1-3-4-8-12-18-19-15(22-12)17-14(21)13-10(2)16-11-7-5-6-9-20(11)13/h5-7,9H,3-4,8H2,1-2H3,(H,17,19,21). The molecule has 0 aromatic carbocycles. The Bertz CT molecular complexity index is 807. The molecule has 0 aliphatic heterocycles. The van der Waals surface area contributed by atoms with Gasteiger partial charge in [0.05, 0.1) is 5.69 Å². The van der Waals surface area contributed by atoms with Crippen molar-refractivity contribution in [2.75, 3.05) is 5.32 Å². The van der Waals surface area contributed by atoms with Crippen molar-refractivity contribution in [1.29, 1.82) is 0 Å². The van der Waals surface area contributed by atoms with Gasteiger partial charge in [-0.25, -0.2) is 4.98 Å². The Kier molecular flexibility index (Phi) is 4.15. The zero-order valence-electron chi connectivity index (χ0n) is 12.5. The number of carbonyl (C=O) groups excluding carboxylic acids is 1. The number of imidazole rings is 1. The number of unbranched alkanes of at least 4 members (excludes halogenated alkanes) is 1. The summed E-state index contributed by atoms with van der Waals surface area (Å²) in [6.07, 6.45) is 4.92. The molecular weight excluding hydrogens is 298 g/mol. The number of aryl methyl sites for hydroxylation is 2. The maximum absolute atomic E-state index is 12.5. The smallest absolute Gasteiger partial charge is 0.276 e. The van der Waals surface area contributed by atoms with Crippen LogP contribution in [0.1, 0.15) is 41.0 Å². The molecule has 3 heterocycles. The molecule has 0 spiro atoms. The molecule has 0 fully saturated rings. The monoisotopic (exact) mass is 315 g/mol. The van der Waals surface area contributed by atoms with E-state index >= 15 is 0 Å². The lowest BCUT2D eigenvalue weighted by molar-refractivity contribution is 0.102. The molecule has 0 unspecified atom stereocenters. The van der Waals surface area contributed by atoms with Crippen LogP contribution in [0.25, 0.3) is 5.65 Å². The zero-order chi connectivity index (χ0) is 15.5. The Balaban J connectivity index is 1.81. The highest BCUT2D eigenvalue weighted by Gasteiger charge is 2.17. The Labute approximate surface area is 132 Å². The summed E-state index contributed by atoms with van der Waals surface area (Å²) in [6.45, 7) is 3.96. The van der Waals surface area contributed by atoms with E-state index in [0.717, 1.165) is 29.9 Å². The van der Waals surface area contributed by atoms with E-state index in [-0.39, 0.29) is 5.91 Å². The van der Waals surface area contributed by atoms with Gasteiger partial charge in [0.25, 0.3) is 5.91 Å². The predicted octanol–water partition coefficient (Wildman–Crippen LogP) is 3.09. The first-order valence-electron chi connectivity index (χ1n) is 7.26. The highest BCUT2D eigenvalue weighted by molar-refractivity contribution is 7.15. The van der Waals surface area contributed by atoms with Gasteiger partial charge in [0.2, 0.25) is 5.13 Å². The first-order valence-corrected chi connectivity index (χ1v) is 8.08. The third-order valence-electron chi connectivity index (χ3n) is 3.35. The Morgan fingerprint density at radius 3 is 3.05 bits per heavy atom. The summed E-state index contributed by atoms with van der Waals surface area (Å²) in [6, 6.07) is 5.64. The third kappa shape index (κ3) is 2.85. The zero-order valence-corrected chi connectivity index (χ0v) is 13.4. The topological polar surface area (TPSA) is 72.2 Å². The molecule has 0 aliphatic carbocycles. The fraction of sp³-hybridized carbons (Fsp3) is 0.333. The van der Waals surface area contributed by atoms with Gasteiger partial charge < -0.3 is 0 Å². The number of carbonyl (C=O) groups is 1. The molecule has 0 aliphatic rings. The van der Waals surface area contributed by atoms with Gasteiger partial charge in [0.15, 0.2) is 0 Å². The van der Waals surface area contributed by atoms with E-state index in [0.29, 0.717) is 16.5 Å². The molecular formula is C15H17N5OS. The van der Waals surface area contributed by atoms with Gasteiger partial charge in [-0.1, -0.05) is 30.7 Å². The molecule has 0 saturated carbocycles. The lowest BCUT2D eigenvalue weighted by Gasteiger charge is -2.02. The molecule has 6 nitrogen and oxygen atoms in total. The van der Waals surface area contributed by atoms with E-state index in [9.17, 15) is 4.79 Å². The quantitative estimate of drug-likeness (QED) is 0.785. The molecule has 0 saturated heterocycles. The van der Waals surface area contributed by atoms with E-state index in [1.807, 2.05) is 31.3 Å². The highest BCUT2D eigenvalue weighted by atomic mass is 32.1. The van der Waals surface area contributed by atoms with E-state index < -0.39 is 0 Å². The maximum atomic E-state index is 12.5. The average Bonchev–Trinajstić information content (AvgIpc) is 3.08. The van der Waals surface area contributed by atoms with Crippen LogP contribution in [0, 0.1) is 6.92 Å². The van der Waals surface area contributed by atoms with Crippen molar-refractivity contribution in [3.8, 4) is 0 Å². The minimum absolute atomic E-state index is 0.214. The third-order valence-corrected chi connectivity index (χ3v) is 4.25. The number of pyridine rings is 1. The number of hydrogen-bond acceptors (Lipinski definition) is 5. The molecule has 3 aromatic heterocycles. The molecule has 0 bridgehead atoms. The van der Waals surface area contributed by atoms with Crippen LogP contribution < -0.4 is 5.32 Å². The molecule has 22 heavy (non-hydrogen) atoms. The number of nitrogens with zero attached hydrogens (tertiary/aromatic N) is 4. The first kappa shape index (κ1) is 14.6. The van der Waals surface area contributed by atoms with Crippen LogP contribution in [-0.2, 0) is 6.42 Å². The molecule has 3 aromatic rings. The molecule has 0 radical (unpaired) electrons. The number of anilines is 1. The van der Waals surface area contributed by atoms with E-state index in [1.165, 1.54) is 11.3 Å². The van der Waals surface area contributed by atoms with Crippen LogP contribution in [0.4, 0.5) is 5.13 Å². The summed E-state index contributed by atoms with van der Waals surface area (Å²) in [7, 11) is 0. The first-order chi connectivity index (χ1) is 10.7. The highest BCUT2D eigenvalue weighted by Crippen LogP contribution is 2.19. The van der Waals surface area contributed by atoms with Gasteiger partial charge in [-0.15, -0.1) is 10.2 Å². The predicted molar refractivity (Wildman–Crippen MR) is 86.4 cm³/mol. The number of rotatable bonds is 5. The van der Waals surface area contributed by atoms with Gasteiger partial charge in [0, 0.05) is 12.6 Å². The van der Waals surface area contributed by atoms with Crippen molar-refractivity contribution in [2.24, 2.45) is 0 Å². The van der Waals surface area contributed by atoms with Crippen LogP contribution >= 0.6 is 11.3 Å². The number of aromatic nitrogens is 4. The van der Waals surface area contributed by atoms with E-state index in [4.69, 9.17) is 0 Å². The summed E-state index contributed by atoms with van der Waals surface area (Å²) >= 11 is 1.43. The Morgan fingerprint density at radius 1 is 1.36 bits per heavy atom. The van der Waals surface area contributed by atoms with E-state index in [2.05, 4.69) is 27.4 Å². The normalized spacial score (nSPS) is 11.0. The van der Waals surface area contributed by atoms with Crippen LogP contribution in [0.3, 0.4) is 0 Å². The molecule has 114 valence electrons. The summed E-state index contributed by atoms with van der Waals surface area (Å²) in [5.74, 6) is -0.214. The summed E-state index contributed by atoms with van der Waals surface area (Å²) in [4.78, 5) is 16.9. The largest absolute Gasteiger partial charge is 0.295 e. The van der Waals surface area contributed by atoms with E-state index in [1.54, 1.807) is 4.40 Å². The second-order valence-electron chi connectivity index (χ2n) is 5.03. The Hall–Kier alpha value is -2.28. The van der Waals surface area contributed by atoms with Gasteiger partial charge in [-0.2, -0.15) is 0 Å². The minimum atomic E-state index is -0.214. The summed E-state index contributed by atoms with van der Waals surface area (Å²) in [5, 5.41) is 12.4.